The first-order chi connectivity index (χ1) is 10.1. The van der Waals surface area contributed by atoms with E-state index < -0.39 is 12.3 Å². The van der Waals surface area contributed by atoms with Gasteiger partial charge in [0.1, 0.15) is 5.75 Å². The van der Waals surface area contributed by atoms with E-state index in [0.717, 1.165) is 25.3 Å². The molecule has 2 heterocycles. The molecule has 0 aliphatic rings. The number of carbonyl (C=O) groups excluding carboxylic acids is 1. The van der Waals surface area contributed by atoms with Crippen LogP contribution in [0.3, 0.4) is 0 Å². The number of aromatic nitrogens is 1. The van der Waals surface area contributed by atoms with Crippen LogP contribution in [0.5, 0.6) is 5.75 Å². The van der Waals surface area contributed by atoms with Gasteiger partial charge in [-0.15, -0.1) is 22.7 Å². The van der Waals surface area contributed by atoms with Crippen LogP contribution in [0.4, 0.5) is 4.39 Å². The number of halogens is 1. The molecule has 0 saturated heterocycles. The molecule has 0 radical (unpaired) electrons. The average molecular weight is 325 g/mol. The summed E-state index contributed by atoms with van der Waals surface area (Å²) in [5.41, 5.74) is 0.890. The van der Waals surface area contributed by atoms with Crippen molar-refractivity contribution in [3.63, 3.8) is 0 Å². The number of hydrogen-bond donors (Lipinski definition) is 0. The Hall–Kier alpha value is -1.73. The summed E-state index contributed by atoms with van der Waals surface area (Å²) in [5.74, 6) is -0.676. The molecule has 0 amide bonds. The molecule has 0 aliphatic carbocycles. The molecule has 4 nitrogen and oxygen atoms in total. The lowest BCUT2D eigenvalue weighted by molar-refractivity contribution is -0.159. The molecule has 3 aromatic rings. The van der Waals surface area contributed by atoms with Gasteiger partial charge in [0.15, 0.2) is 0 Å². The maximum Gasteiger partial charge on any atom is 0.381 e. The van der Waals surface area contributed by atoms with Crippen molar-refractivity contribution >= 4 is 48.9 Å². The minimum Gasteiger partial charge on any atom is -0.461 e. The number of nitrogens with zero attached hydrogens (tertiary/aromatic N) is 1. The molecule has 21 heavy (non-hydrogen) atoms. The number of thiophene rings is 1. The molecule has 1 aromatic carbocycles. The van der Waals surface area contributed by atoms with Crippen LogP contribution in [0.25, 0.3) is 20.3 Å². The number of hydrogen-bond acceptors (Lipinski definition) is 6. The third kappa shape index (κ3) is 2.58. The zero-order chi connectivity index (χ0) is 15.0. The monoisotopic (exact) mass is 325 g/mol. The van der Waals surface area contributed by atoms with Gasteiger partial charge >= 0.3 is 12.3 Å². The number of ether oxygens (including phenoxy) is 2. The smallest absolute Gasteiger partial charge is 0.381 e. The van der Waals surface area contributed by atoms with Gasteiger partial charge < -0.3 is 9.47 Å². The molecule has 2 aromatic heterocycles. The fourth-order valence-electron chi connectivity index (χ4n) is 2.05. The topological polar surface area (TPSA) is 48.4 Å². The third-order valence-electron chi connectivity index (χ3n) is 2.87. The second-order valence-corrected chi connectivity index (χ2v) is 6.45. The van der Waals surface area contributed by atoms with Crippen molar-refractivity contribution < 1.29 is 18.7 Å². The van der Waals surface area contributed by atoms with E-state index in [9.17, 15) is 9.18 Å². The van der Waals surface area contributed by atoms with E-state index in [1.807, 2.05) is 18.4 Å². The fourth-order valence-corrected chi connectivity index (χ4v) is 3.88. The molecule has 0 spiro atoms. The molecule has 0 aliphatic heterocycles. The fraction of sp³-hybridized carbons (Fsp3) is 0.286. The normalized spacial score (nSPS) is 12.7. The number of fused-ring (bicyclic) bond motifs is 3. The average Bonchev–Trinajstić information content (AvgIpc) is 3.04. The Kier molecular flexibility index (Phi) is 3.77. The molecular weight excluding hydrogens is 313 g/mol. The number of rotatable bonds is 4. The largest absolute Gasteiger partial charge is 0.461 e. The van der Waals surface area contributed by atoms with Gasteiger partial charge in [0.05, 0.1) is 26.5 Å². The Morgan fingerprint density at radius 3 is 3.10 bits per heavy atom. The SMILES string of the molecule is CCOC(=O)C(F)Oc1cc2sc(C)nc2c2sccc12. The van der Waals surface area contributed by atoms with Crippen LogP contribution in [0.1, 0.15) is 11.9 Å². The molecule has 0 saturated carbocycles. The van der Waals surface area contributed by atoms with Gasteiger partial charge in [-0.25, -0.2) is 9.78 Å². The van der Waals surface area contributed by atoms with Crippen LogP contribution in [0, 0.1) is 6.92 Å². The number of benzene rings is 1. The first-order valence-electron chi connectivity index (χ1n) is 6.35. The first kappa shape index (κ1) is 14.2. The zero-order valence-electron chi connectivity index (χ0n) is 11.4. The van der Waals surface area contributed by atoms with E-state index in [1.54, 1.807) is 13.0 Å². The summed E-state index contributed by atoms with van der Waals surface area (Å²) in [4.78, 5) is 15.8. The molecule has 110 valence electrons. The van der Waals surface area contributed by atoms with Crippen molar-refractivity contribution in [3.05, 3.63) is 22.5 Å². The number of thiazole rings is 1. The highest BCUT2D eigenvalue weighted by molar-refractivity contribution is 7.21. The predicted molar refractivity (Wildman–Crippen MR) is 81.9 cm³/mol. The van der Waals surface area contributed by atoms with Gasteiger partial charge in [0.2, 0.25) is 0 Å². The molecular formula is C14H12FNO3S2. The van der Waals surface area contributed by atoms with Gasteiger partial charge in [-0.3, -0.25) is 0 Å². The van der Waals surface area contributed by atoms with Crippen LogP contribution < -0.4 is 4.74 Å². The minimum atomic E-state index is -2.13. The van der Waals surface area contributed by atoms with E-state index in [1.165, 1.54) is 22.7 Å². The maximum atomic E-state index is 13.8. The summed E-state index contributed by atoms with van der Waals surface area (Å²) in [6.07, 6.45) is -2.13. The quantitative estimate of drug-likeness (QED) is 0.679. The predicted octanol–water partition coefficient (Wildman–Crippen LogP) is 4.06. The zero-order valence-corrected chi connectivity index (χ0v) is 13.0. The minimum absolute atomic E-state index is 0.115. The van der Waals surface area contributed by atoms with Crippen molar-refractivity contribution in [3.8, 4) is 5.75 Å². The highest BCUT2D eigenvalue weighted by Gasteiger charge is 2.22. The summed E-state index contributed by atoms with van der Waals surface area (Å²) in [5, 5.41) is 3.58. The Bertz CT molecular complexity index is 811. The molecule has 3 rings (SSSR count). The third-order valence-corrected chi connectivity index (χ3v) is 4.71. The van der Waals surface area contributed by atoms with Gasteiger partial charge in [-0.1, -0.05) is 0 Å². The Morgan fingerprint density at radius 1 is 1.52 bits per heavy atom. The molecule has 0 fully saturated rings. The molecule has 1 unspecified atom stereocenters. The number of esters is 1. The van der Waals surface area contributed by atoms with E-state index in [4.69, 9.17) is 4.74 Å². The molecule has 0 N–H and O–H groups in total. The van der Waals surface area contributed by atoms with Crippen LogP contribution >= 0.6 is 22.7 Å². The molecule has 7 heteroatoms. The maximum absolute atomic E-state index is 13.8. The lowest BCUT2D eigenvalue weighted by Crippen LogP contribution is -2.24. The van der Waals surface area contributed by atoms with Crippen molar-refractivity contribution in [1.82, 2.24) is 4.98 Å². The summed E-state index contributed by atoms with van der Waals surface area (Å²) < 4.78 is 25.4. The van der Waals surface area contributed by atoms with Crippen LogP contribution in [0.15, 0.2) is 17.5 Å². The van der Waals surface area contributed by atoms with Gasteiger partial charge in [0.25, 0.3) is 0 Å². The lowest BCUT2D eigenvalue weighted by Gasteiger charge is -2.11. The Labute approximate surface area is 128 Å². The summed E-state index contributed by atoms with van der Waals surface area (Å²) in [7, 11) is 0. The second kappa shape index (κ2) is 5.57. The lowest BCUT2D eigenvalue weighted by atomic mass is 10.2. The highest BCUT2D eigenvalue weighted by Crippen LogP contribution is 2.39. The summed E-state index contributed by atoms with van der Waals surface area (Å²) >= 11 is 3.02. The second-order valence-electron chi connectivity index (χ2n) is 4.30. The molecule has 0 bridgehead atoms. The number of aryl methyl sites for hydroxylation is 1. The van der Waals surface area contributed by atoms with Gasteiger partial charge in [-0.2, -0.15) is 4.39 Å². The first-order valence-corrected chi connectivity index (χ1v) is 8.04. The van der Waals surface area contributed by atoms with E-state index in [2.05, 4.69) is 9.72 Å². The van der Waals surface area contributed by atoms with Crippen molar-refractivity contribution in [2.24, 2.45) is 0 Å². The van der Waals surface area contributed by atoms with E-state index in [0.29, 0.717) is 5.75 Å². The van der Waals surface area contributed by atoms with Crippen molar-refractivity contribution in [2.45, 2.75) is 20.2 Å². The van der Waals surface area contributed by atoms with E-state index in [-0.39, 0.29) is 6.61 Å². The van der Waals surface area contributed by atoms with Gasteiger partial charge in [0, 0.05) is 11.5 Å². The van der Waals surface area contributed by atoms with Crippen molar-refractivity contribution in [2.75, 3.05) is 6.61 Å². The Morgan fingerprint density at radius 2 is 2.33 bits per heavy atom. The number of carbonyl (C=O) groups is 1. The summed E-state index contributed by atoms with van der Waals surface area (Å²) in [6, 6.07) is 3.56. The van der Waals surface area contributed by atoms with E-state index >= 15 is 0 Å². The molecule has 1 atom stereocenters. The summed E-state index contributed by atoms with van der Waals surface area (Å²) in [6.45, 7) is 3.65. The number of alkyl halides is 1. The van der Waals surface area contributed by atoms with Crippen LogP contribution in [-0.4, -0.2) is 23.9 Å². The van der Waals surface area contributed by atoms with Crippen molar-refractivity contribution in [1.29, 1.82) is 0 Å². The van der Waals surface area contributed by atoms with Gasteiger partial charge in [-0.05, 0) is 25.3 Å². The van der Waals surface area contributed by atoms with Crippen LogP contribution in [-0.2, 0) is 9.53 Å². The van der Waals surface area contributed by atoms with Crippen LogP contribution in [0.2, 0.25) is 0 Å². The highest BCUT2D eigenvalue weighted by atomic mass is 32.1. The standard InChI is InChI=1S/C14H12FNO3S2/c1-3-18-14(17)13(15)19-9-6-10-11(16-7(2)21-10)12-8(9)4-5-20-12/h4-6,13H,3H2,1-2H3. The Balaban J connectivity index is 2.04.